The number of aryl methyl sites for hydroxylation is 2. The van der Waals surface area contributed by atoms with Crippen LogP contribution in [0.1, 0.15) is 22.9 Å². The van der Waals surface area contributed by atoms with Crippen molar-refractivity contribution in [1.82, 2.24) is 9.55 Å². The number of aromatic nitrogens is 2. The normalized spacial score (nSPS) is 16.1. The van der Waals surface area contributed by atoms with Gasteiger partial charge in [-0.05, 0) is 44.4 Å². The molecule has 0 radical (unpaired) electrons. The Morgan fingerprint density at radius 3 is 2.85 bits per heavy atom. The molecule has 3 heterocycles. The van der Waals surface area contributed by atoms with Gasteiger partial charge in [0.15, 0.2) is 5.16 Å². The Kier molecular flexibility index (Phi) is 4.60. The van der Waals surface area contributed by atoms with Gasteiger partial charge >= 0.3 is 0 Å². The summed E-state index contributed by atoms with van der Waals surface area (Å²) in [5.74, 6) is 0.304. The van der Waals surface area contributed by atoms with Crippen LogP contribution in [0.5, 0.6) is 0 Å². The number of para-hydroxylation sites is 1. The first-order valence-corrected chi connectivity index (χ1v) is 10.7. The van der Waals surface area contributed by atoms with Gasteiger partial charge < -0.3 is 4.90 Å². The van der Waals surface area contributed by atoms with E-state index in [1.807, 2.05) is 36.9 Å². The summed E-state index contributed by atoms with van der Waals surface area (Å²) in [7, 11) is 1.72. The van der Waals surface area contributed by atoms with Crippen LogP contribution in [-0.4, -0.2) is 27.3 Å². The summed E-state index contributed by atoms with van der Waals surface area (Å²) >= 11 is 2.86. The second-order valence-corrected chi connectivity index (χ2v) is 9.10. The van der Waals surface area contributed by atoms with Crippen LogP contribution in [0.15, 0.2) is 34.2 Å². The van der Waals surface area contributed by atoms with E-state index < -0.39 is 0 Å². The largest absolute Gasteiger partial charge is 0.308 e. The number of hydrogen-bond donors (Lipinski definition) is 0. The van der Waals surface area contributed by atoms with Crippen molar-refractivity contribution in [2.24, 2.45) is 7.05 Å². The molecule has 5 nitrogen and oxygen atoms in total. The number of carbonyl (C=O) groups excluding carboxylic acids is 1. The number of fused-ring (bicyclic) bond motifs is 2. The lowest BCUT2D eigenvalue weighted by Gasteiger charge is -2.22. The summed E-state index contributed by atoms with van der Waals surface area (Å²) in [5, 5.41) is 1.28. The number of rotatable bonds is 3. The minimum atomic E-state index is -0.0447. The van der Waals surface area contributed by atoms with E-state index in [1.54, 1.807) is 11.6 Å². The summed E-state index contributed by atoms with van der Waals surface area (Å²) in [6, 6.07) is 8.20. The molecule has 140 valence electrons. The maximum atomic E-state index is 12.9. The quantitative estimate of drug-likeness (QED) is 0.498. The molecule has 27 heavy (non-hydrogen) atoms. The second-order valence-electron chi connectivity index (χ2n) is 6.96. The summed E-state index contributed by atoms with van der Waals surface area (Å²) < 4.78 is 1.56. The zero-order chi connectivity index (χ0) is 19.3. The predicted octanol–water partition coefficient (Wildman–Crippen LogP) is 3.68. The monoisotopic (exact) mass is 399 g/mol. The number of hydrogen-bond acceptors (Lipinski definition) is 5. The third kappa shape index (κ3) is 2.99. The van der Waals surface area contributed by atoms with E-state index in [4.69, 9.17) is 0 Å². The second kappa shape index (κ2) is 6.80. The lowest BCUT2D eigenvalue weighted by atomic mass is 10.1. The fourth-order valence-electron chi connectivity index (χ4n) is 3.63. The van der Waals surface area contributed by atoms with E-state index in [0.29, 0.717) is 10.5 Å². The van der Waals surface area contributed by atoms with Crippen molar-refractivity contribution in [3.63, 3.8) is 0 Å². The smallest absolute Gasteiger partial charge is 0.262 e. The number of benzene rings is 1. The Labute approximate surface area is 166 Å². The molecule has 3 aromatic rings. The molecule has 1 atom stereocenters. The molecule has 1 aliphatic heterocycles. The van der Waals surface area contributed by atoms with Crippen molar-refractivity contribution in [1.29, 1.82) is 0 Å². The van der Waals surface area contributed by atoms with Crippen LogP contribution in [0.4, 0.5) is 5.69 Å². The van der Waals surface area contributed by atoms with Gasteiger partial charge in [-0.1, -0.05) is 30.0 Å². The fraction of sp³-hybridized carbons (Fsp3) is 0.350. The van der Waals surface area contributed by atoms with E-state index in [9.17, 15) is 9.59 Å². The third-order valence-corrected chi connectivity index (χ3v) is 7.29. The lowest BCUT2D eigenvalue weighted by molar-refractivity contribution is -0.116. The molecule has 2 aromatic heterocycles. The average molecular weight is 400 g/mol. The van der Waals surface area contributed by atoms with Crippen LogP contribution in [0, 0.1) is 13.8 Å². The zero-order valence-electron chi connectivity index (χ0n) is 15.8. The molecule has 0 unspecified atom stereocenters. The maximum Gasteiger partial charge on any atom is 0.262 e. The highest BCUT2D eigenvalue weighted by Crippen LogP contribution is 2.33. The molecule has 0 saturated carbocycles. The molecule has 7 heteroatoms. The standard InChI is InChI=1S/C20H21N3O2S2/c1-11-9-14-7-5-6-8-15(14)23(11)16(24)10-26-20-21-18-17(19(25)22(20)4)12(2)13(3)27-18/h5-8,11H,9-10H2,1-4H3/t11-/m0/s1. The first-order valence-electron chi connectivity index (χ1n) is 8.88. The van der Waals surface area contributed by atoms with Crippen LogP contribution in [-0.2, 0) is 18.3 Å². The zero-order valence-corrected chi connectivity index (χ0v) is 17.4. The van der Waals surface area contributed by atoms with Crippen LogP contribution < -0.4 is 10.5 Å². The predicted molar refractivity (Wildman–Crippen MR) is 112 cm³/mol. The molecule has 0 spiro atoms. The Balaban J connectivity index is 1.60. The van der Waals surface area contributed by atoms with Gasteiger partial charge in [-0.25, -0.2) is 4.98 Å². The highest BCUT2D eigenvalue weighted by Gasteiger charge is 2.30. The summed E-state index contributed by atoms with van der Waals surface area (Å²) in [6.45, 7) is 6.03. The number of anilines is 1. The first kappa shape index (κ1) is 18.3. The average Bonchev–Trinajstić information content (AvgIpc) is 3.12. The first-order chi connectivity index (χ1) is 12.9. The third-order valence-electron chi connectivity index (χ3n) is 5.17. The number of carbonyl (C=O) groups is 1. The number of thioether (sulfide) groups is 1. The van der Waals surface area contributed by atoms with Gasteiger partial charge in [-0.2, -0.15) is 0 Å². The van der Waals surface area contributed by atoms with Crippen molar-refractivity contribution >= 4 is 44.9 Å². The van der Waals surface area contributed by atoms with Gasteiger partial charge in [-0.15, -0.1) is 11.3 Å². The van der Waals surface area contributed by atoms with E-state index in [0.717, 1.165) is 27.4 Å². The molecular weight excluding hydrogens is 378 g/mol. The topological polar surface area (TPSA) is 55.2 Å². The van der Waals surface area contributed by atoms with E-state index >= 15 is 0 Å². The number of thiophene rings is 1. The summed E-state index contributed by atoms with van der Waals surface area (Å²) in [5.41, 5.74) is 3.16. The van der Waals surface area contributed by atoms with E-state index in [2.05, 4.69) is 18.0 Å². The van der Waals surface area contributed by atoms with Crippen LogP contribution >= 0.6 is 23.1 Å². The van der Waals surface area contributed by atoms with E-state index in [1.165, 1.54) is 28.7 Å². The Bertz CT molecular complexity index is 1120. The van der Waals surface area contributed by atoms with Crippen LogP contribution in [0.2, 0.25) is 0 Å². The minimum absolute atomic E-state index is 0.0447. The number of nitrogens with zero attached hydrogens (tertiary/aromatic N) is 3. The van der Waals surface area contributed by atoms with E-state index in [-0.39, 0.29) is 23.3 Å². The van der Waals surface area contributed by atoms with Gasteiger partial charge in [0.05, 0.1) is 11.1 Å². The van der Waals surface area contributed by atoms with Crippen LogP contribution in [0.25, 0.3) is 10.2 Å². The van der Waals surface area contributed by atoms with Crippen LogP contribution in [0.3, 0.4) is 0 Å². The molecule has 1 aliphatic rings. The molecule has 0 saturated heterocycles. The van der Waals surface area contributed by atoms with Crippen molar-refractivity contribution in [3.8, 4) is 0 Å². The fourth-order valence-corrected chi connectivity index (χ4v) is 5.53. The molecule has 1 aromatic carbocycles. The molecule has 0 fully saturated rings. The lowest BCUT2D eigenvalue weighted by Crippen LogP contribution is -2.37. The molecule has 0 N–H and O–H groups in total. The molecule has 4 rings (SSSR count). The summed E-state index contributed by atoms with van der Waals surface area (Å²) in [4.78, 5) is 34.0. The van der Waals surface area contributed by atoms with Crippen molar-refractivity contribution < 1.29 is 4.79 Å². The molecule has 0 bridgehead atoms. The Morgan fingerprint density at radius 2 is 2.07 bits per heavy atom. The van der Waals surface area contributed by atoms with Gasteiger partial charge in [0.1, 0.15) is 4.83 Å². The van der Waals surface area contributed by atoms with Gasteiger partial charge in [-0.3, -0.25) is 14.2 Å². The minimum Gasteiger partial charge on any atom is -0.308 e. The molecule has 1 amide bonds. The van der Waals surface area contributed by atoms with Gasteiger partial charge in [0, 0.05) is 23.7 Å². The Morgan fingerprint density at radius 1 is 1.33 bits per heavy atom. The van der Waals surface area contributed by atoms with Crippen molar-refractivity contribution in [3.05, 3.63) is 50.6 Å². The van der Waals surface area contributed by atoms with Crippen molar-refractivity contribution in [2.75, 3.05) is 10.7 Å². The highest BCUT2D eigenvalue weighted by atomic mass is 32.2. The van der Waals surface area contributed by atoms with Gasteiger partial charge in [0.25, 0.3) is 5.56 Å². The van der Waals surface area contributed by atoms with Crippen molar-refractivity contribution in [2.45, 2.75) is 38.4 Å². The molecular formula is C20H21N3O2S2. The summed E-state index contributed by atoms with van der Waals surface area (Å²) in [6.07, 6.45) is 0.878. The maximum absolute atomic E-state index is 12.9. The SMILES string of the molecule is Cc1sc2nc(SCC(=O)N3c4ccccc4C[C@@H]3C)n(C)c(=O)c2c1C. The highest BCUT2D eigenvalue weighted by molar-refractivity contribution is 7.99. The van der Waals surface area contributed by atoms with Gasteiger partial charge in [0.2, 0.25) is 5.91 Å². The number of amides is 1. The Hall–Kier alpha value is -2.12. The molecule has 0 aliphatic carbocycles.